The largest absolute Gasteiger partial charge is 0.374 e. The van der Waals surface area contributed by atoms with Gasteiger partial charge in [0.2, 0.25) is 0 Å². The van der Waals surface area contributed by atoms with Gasteiger partial charge in [0, 0.05) is 0 Å². The Morgan fingerprint density at radius 1 is 0.833 bits per heavy atom. The summed E-state index contributed by atoms with van der Waals surface area (Å²) in [5.41, 5.74) is 0. The minimum Gasteiger partial charge on any atom is -0.374 e. The topological polar surface area (TPSA) is 9.23 Å². The fraction of sp³-hybridized carbons (Fsp3) is 1.00. The fourth-order valence-corrected chi connectivity index (χ4v) is 4.61. The van der Waals surface area contributed by atoms with Crippen molar-refractivity contribution in [2.75, 3.05) is 0 Å². The van der Waals surface area contributed by atoms with E-state index in [2.05, 4.69) is 0 Å². The highest BCUT2D eigenvalue weighted by Gasteiger charge is 2.59. The Labute approximate surface area is 73.5 Å². The molecule has 2 aliphatic heterocycles. The third-order valence-electron chi connectivity index (χ3n) is 5.05. The van der Waals surface area contributed by atoms with E-state index in [1.54, 1.807) is 0 Å². The molecule has 0 aromatic heterocycles. The van der Waals surface area contributed by atoms with Crippen molar-refractivity contribution in [3.63, 3.8) is 0 Å². The maximum Gasteiger partial charge on any atom is 0.0641 e. The van der Waals surface area contributed by atoms with E-state index in [1.165, 1.54) is 32.1 Å². The summed E-state index contributed by atoms with van der Waals surface area (Å²) in [6.45, 7) is 0. The van der Waals surface area contributed by atoms with Gasteiger partial charge in [-0.1, -0.05) is 0 Å². The average Bonchev–Trinajstić information content (AvgIpc) is 2.51. The number of hydrogen-bond donors (Lipinski definition) is 0. The van der Waals surface area contributed by atoms with Crippen molar-refractivity contribution in [3.05, 3.63) is 0 Å². The van der Waals surface area contributed by atoms with Gasteiger partial charge in [0.25, 0.3) is 0 Å². The Balaban J connectivity index is 1.86. The number of ether oxygens (including phenoxy) is 1. The van der Waals surface area contributed by atoms with Crippen LogP contribution in [0.25, 0.3) is 0 Å². The lowest BCUT2D eigenvalue weighted by Gasteiger charge is -2.39. The molecule has 4 rings (SSSR count). The second-order valence-corrected chi connectivity index (χ2v) is 5.28. The van der Waals surface area contributed by atoms with Crippen LogP contribution in [0.5, 0.6) is 0 Å². The molecule has 2 saturated heterocycles. The minimum atomic E-state index is 0.704. The van der Waals surface area contributed by atoms with Gasteiger partial charge in [0.05, 0.1) is 12.2 Å². The van der Waals surface area contributed by atoms with Gasteiger partial charge in [0.15, 0.2) is 0 Å². The highest BCUT2D eigenvalue weighted by Crippen LogP contribution is 2.60. The molecule has 0 N–H and O–H groups in total. The van der Waals surface area contributed by atoms with Crippen molar-refractivity contribution in [1.29, 1.82) is 0 Å². The summed E-state index contributed by atoms with van der Waals surface area (Å²) in [7, 11) is 0. The van der Waals surface area contributed by atoms with Crippen molar-refractivity contribution >= 4 is 0 Å². The zero-order valence-electron chi connectivity index (χ0n) is 7.41. The van der Waals surface area contributed by atoms with E-state index in [0.717, 1.165) is 29.8 Å². The van der Waals surface area contributed by atoms with Crippen molar-refractivity contribution in [2.24, 2.45) is 23.7 Å². The van der Waals surface area contributed by atoms with Crippen LogP contribution in [0.15, 0.2) is 0 Å². The van der Waals surface area contributed by atoms with Crippen LogP contribution in [0.2, 0.25) is 0 Å². The molecule has 6 atom stereocenters. The molecule has 0 spiro atoms. The molecule has 1 nitrogen and oxygen atoms in total. The maximum atomic E-state index is 6.12. The van der Waals surface area contributed by atoms with E-state index in [0.29, 0.717) is 6.10 Å². The van der Waals surface area contributed by atoms with Crippen molar-refractivity contribution < 1.29 is 4.74 Å². The lowest BCUT2D eigenvalue weighted by molar-refractivity contribution is -0.0808. The van der Waals surface area contributed by atoms with Crippen LogP contribution < -0.4 is 0 Å². The van der Waals surface area contributed by atoms with Gasteiger partial charge in [0.1, 0.15) is 0 Å². The summed E-state index contributed by atoms with van der Waals surface area (Å²) in [6.07, 6.45) is 8.85. The zero-order chi connectivity index (χ0) is 7.71. The van der Waals surface area contributed by atoms with E-state index in [9.17, 15) is 0 Å². The molecule has 6 unspecified atom stereocenters. The summed E-state index contributed by atoms with van der Waals surface area (Å²) in [6, 6.07) is 0. The molecule has 2 saturated carbocycles. The van der Waals surface area contributed by atoms with Gasteiger partial charge in [-0.3, -0.25) is 0 Å². The van der Waals surface area contributed by atoms with Crippen LogP contribution in [0, 0.1) is 23.7 Å². The van der Waals surface area contributed by atoms with Crippen LogP contribution >= 0.6 is 0 Å². The Hall–Kier alpha value is -0.0400. The smallest absolute Gasteiger partial charge is 0.0641 e. The third-order valence-corrected chi connectivity index (χ3v) is 5.05. The molecule has 2 aliphatic carbocycles. The summed E-state index contributed by atoms with van der Waals surface area (Å²) in [5.74, 6) is 4.03. The lowest BCUT2D eigenvalue weighted by atomic mass is 9.73. The van der Waals surface area contributed by atoms with Crippen LogP contribution in [0.3, 0.4) is 0 Å². The van der Waals surface area contributed by atoms with Crippen molar-refractivity contribution in [2.45, 2.75) is 44.3 Å². The van der Waals surface area contributed by atoms with Gasteiger partial charge in [-0.2, -0.15) is 0 Å². The Morgan fingerprint density at radius 2 is 1.67 bits per heavy atom. The van der Waals surface area contributed by atoms with Crippen LogP contribution in [-0.4, -0.2) is 12.2 Å². The van der Waals surface area contributed by atoms with Gasteiger partial charge < -0.3 is 4.74 Å². The Kier molecular flexibility index (Phi) is 1.01. The van der Waals surface area contributed by atoms with Gasteiger partial charge in [-0.05, 0) is 55.8 Å². The number of fused-ring (bicyclic) bond motifs is 3. The van der Waals surface area contributed by atoms with Crippen LogP contribution in [-0.2, 0) is 4.74 Å². The molecule has 4 aliphatic rings. The second kappa shape index (κ2) is 1.89. The van der Waals surface area contributed by atoms with E-state index < -0.39 is 0 Å². The predicted molar refractivity (Wildman–Crippen MR) is 45.7 cm³/mol. The SMILES string of the molecule is C1CC2C3CC1C1CCC2C1O3. The number of hydrogen-bond acceptors (Lipinski definition) is 1. The second-order valence-electron chi connectivity index (χ2n) is 5.28. The van der Waals surface area contributed by atoms with Gasteiger partial charge in [-0.15, -0.1) is 0 Å². The normalized spacial score (nSPS) is 66.0. The molecule has 12 heavy (non-hydrogen) atoms. The van der Waals surface area contributed by atoms with Crippen molar-refractivity contribution in [1.82, 2.24) is 0 Å². The quantitative estimate of drug-likeness (QED) is 0.533. The molecule has 0 amide bonds. The first kappa shape index (κ1) is 6.42. The van der Waals surface area contributed by atoms with Gasteiger partial charge in [-0.25, -0.2) is 0 Å². The van der Waals surface area contributed by atoms with Gasteiger partial charge >= 0.3 is 0 Å². The van der Waals surface area contributed by atoms with E-state index in [-0.39, 0.29) is 0 Å². The van der Waals surface area contributed by atoms with E-state index in [4.69, 9.17) is 4.74 Å². The molecule has 0 aromatic rings. The fourth-order valence-electron chi connectivity index (χ4n) is 4.61. The monoisotopic (exact) mass is 164 g/mol. The highest BCUT2D eigenvalue weighted by atomic mass is 16.5. The lowest BCUT2D eigenvalue weighted by Crippen LogP contribution is -2.37. The zero-order valence-corrected chi connectivity index (χ0v) is 7.41. The predicted octanol–water partition coefficient (Wildman–Crippen LogP) is 2.21. The molecule has 3 bridgehead atoms. The summed E-state index contributed by atoms with van der Waals surface area (Å²) >= 11 is 0. The molecule has 0 radical (unpaired) electrons. The first-order valence-electron chi connectivity index (χ1n) is 5.59. The van der Waals surface area contributed by atoms with E-state index >= 15 is 0 Å². The maximum absolute atomic E-state index is 6.12. The molecule has 2 heterocycles. The van der Waals surface area contributed by atoms with Crippen LogP contribution in [0.4, 0.5) is 0 Å². The van der Waals surface area contributed by atoms with E-state index in [1.807, 2.05) is 0 Å². The number of rotatable bonds is 0. The first-order chi connectivity index (χ1) is 5.93. The minimum absolute atomic E-state index is 0.704. The Bertz CT molecular complexity index is 212. The molecule has 0 aromatic carbocycles. The molecular formula is C11H16O. The Morgan fingerprint density at radius 3 is 2.67 bits per heavy atom. The van der Waals surface area contributed by atoms with Crippen LogP contribution in [0.1, 0.15) is 32.1 Å². The summed E-state index contributed by atoms with van der Waals surface area (Å²) in [4.78, 5) is 0. The molecular weight excluding hydrogens is 148 g/mol. The third kappa shape index (κ3) is 0.555. The molecule has 66 valence electrons. The highest BCUT2D eigenvalue weighted by molar-refractivity contribution is 5.07. The summed E-state index contributed by atoms with van der Waals surface area (Å²) in [5, 5.41) is 0. The average molecular weight is 164 g/mol. The summed E-state index contributed by atoms with van der Waals surface area (Å²) < 4.78 is 6.12. The molecule has 1 heteroatoms. The molecule has 4 fully saturated rings. The van der Waals surface area contributed by atoms with Crippen molar-refractivity contribution in [3.8, 4) is 0 Å². The first-order valence-corrected chi connectivity index (χ1v) is 5.59. The standard InChI is InChI=1S/C11H16O/c1-2-8-9-4-3-7-6(1)5-10(8)12-11(7)9/h6-11H,1-5H2.